The minimum absolute atomic E-state index is 0.154. The zero-order chi connectivity index (χ0) is 22.9. The van der Waals surface area contributed by atoms with Gasteiger partial charge >= 0.3 is 5.97 Å². The number of aliphatic carboxylic acids is 1. The topological polar surface area (TPSA) is 79.2 Å². The van der Waals surface area contributed by atoms with Crippen molar-refractivity contribution in [3.63, 3.8) is 0 Å². The zero-order valence-corrected chi connectivity index (χ0v) is 18.9. The molecule has 2 aromatic rings. The lowest BCUT2D eigenvalue weighted by atomic mass is 9.98. The second kappa shape index (κ2) is 8.41. The van der Waals surface area contributed by atoms with E-state index in [9.17, 15) is 14.7 Å². The minimum Gasteiger partial charge on any atom is -0.478 e. The standard InChI is InChI=1S/C26H30N2O4/c1-4-22-27-26(14-5-6-15-26)23(29)28(22)17-18-10-12-19(13-11-18)20-8-7-9-21(16-20)32-25(2,3)24(30)31/h7-13,16H,4-6,14-15,17H2,1-3H3,(H,30,31). The molecule has 1 fully saturated rings. The van der Waals surface area contributed by atoms with Gasteiger partial charge in [0.2, 0.25) is 0 Å². The van der Waals surface area contributed by atoms with Crippen LogP contribution in [0.15, 0.2) is 53.5 Å². The molecule has 1 amide bonds. The molecule has 0 aromatic heterocycles. The lowest BCUT2D eigenvalue weighted by Gasteiger charge is -2.22. The van der Waals surface area contributed by atoms with Crippen LogP contribution in [0.4, 0.5) is 0 Å². The summed E-state index contributed by atoms with van der Waals surface area (Å²) in [6.07, 6.45) is 4.62. The average Bonchev–Trinajstić information content (AvgIpc) is 3.35. The lowest BCUT2D eigenvalue weighted by molar-refractivity contribution is -0.152. The number of carboxylic acid groups (broad SMARTS) is 1. The summed E-state index contributed by atoms with van der Waals surface area (Å²) in [5, 5.41) is 9.30. The van der Waals surface area contributed by atoms with Gasteiger partial charge in [-0.1, -0.05) is 56.2 Å². The van der Waals surface area contributed by atoms with Crippen LogP contribution in [0.25, 0.3) is 11.1 Å². The van der Waals surface area contributed by atoms with Crippen LogP contribution in [0, 0.1) is 0 Å². The third-order valence-electron chi connectivity index (χ3n) is 6.39. The highest BCUT2D eigenvalue weighted by molar-refractivity contribution is 6.08. The van der Waals surface area contributed by atoms with Crippen molar-refractivity contribution in [2.24, 2.45) is 4.99 Å². The summed E-state index contributed by atoms with van der Waals surface area (Å²) in [7, 11) is 0. The van der Waals surface area contributed by atoms with Crippen LogP contribution in [-0.2, 0) is 16.1 Å². The number of carbonyl (C=O) groups excluding carboxylic acids is 1. The lowest BCUT2D eigenvalue weighted by Crippen LogP contribution is -2.40. The van der Waals surface area contributed by atoms with Crippen LogP contribution in [0.5, 0.6) is 5.75 Å². The van der Waals surface area contributed by atoms with Gasteiger partial charge in [0.1, 0.15) is 17.1 Å². The molecular weight excluding hydrogens is 404 g/mol. The molecule has 0 bridgehead atoms. The molecule has 2 aliphatic rings. The maximum Gasteiger partial charge on any atom is 0.347 e. The van der Waals surface area contributed by atoms with Crippen LogP contribution in [0.3, 0.4) is 0 Å². The number of ether oxygens (including phenoxy) is 1. The van der Waals surface area contributed by atoms with E-state index in [2.05, 4.69) is 6.92 Å². The molecule has 32 heavy (non-hydrogen) atoms. The van der Waals surface area contributed by atoms with E-state index >= 15 is 0 Å². The Morgan fingerprint density at radius 1 is 1.12 bits per heavy atom. The Labute approximate surface area is 188 Å². The Morgan fingerprint density at radius 2 is 1.81 bits per heavy atom. The van der Waals surface area contributed by atoms with E-state index < -0.39 is 17.1 Å². The first-order valence-corrected chi connectivity index (χ1v) is 11.3. The van der Waals surface area contributed by atoms with Crippen molar-refractivity contribution in [1.82, 2.24) is 4.90 Å². The number of aliphatic imine (C=N–C) groups is 1. The van der Waals surface area contributed by atoms with Gasteiger partial charge in [-0.3, -0.25) is 14.7 Å². The Morgan fingerprint density at radius 3 is 2.44 bits per heavy atom. The second-order valence-corrected chi connectivity index (χ2v) is 9.15. The van der Waals surface area contributed by atoms with Crippen LogP contribution in [-0.4, -0.2) is 38.9 Å². The van der Waals surface area contributed by atoms with Crippen LogP contribution >= 0.6 is 0 Å². The molecule has 1 spiro atoms. The van der Waals surface area contributed by atoms with Crippen molar-refractivity contribution in [2.75, 3.05) is 0 Å². The van der Waals surface area contributed by atoms with E-state index in [0.717, 1.165) is 54.6 Å². The van der Waals surface area contributed by atoms with Gasteiger partial charge in [-0.15, -0.1) is 0 Å². The Balaban J connectivity index is 1.49. The fourth-order valence-electron chi connectivity index (χ4n) is 4.50. The van der Waals surface area contributed by atoms with Gasteiger partial charge in [-0.05, 0) is 55.5 Å². The normalized spacial score (nSPS) is 17.7. The number of carbonyl (C=O) groups is 2. The largest absolute Gasteiger partial charge is 0.478 e. The molecule has 6 heteroatoms. The molecule has 0 radical (unpaired) electrons. The predicted molar refractivity (Wildman–Crippen MR) is 124 cm³/mol. The number of amides is 1. The number of hydrogen-bond acceptors (Lipinski definition) is 4. The number of rotatable bonds is 7. The Kier molecular flexibility index (Phi) is 5.80. The average molecular weight is 435 g/mol. The summed E-state index contributed by atoms with van der Waals surface area (Å²) < 4.78 is 5.66. The number of nitrogens with zero attached hydrogens (tertiary/aromatic N) is 2. The van der Waals surface area contributed by atoms with Gasteiger partial charge in [0, 0.05) is 6.42 Å². The molecule has 2 aromatic carbocycles. The van der Waals surface area contributed by atoms with E-state index in [1.807, 2.05) is 47.4 Å². The van der Waals surface area contributed by atoms with Crippen molar-refractivity contribution in [1.29, 1.82) is 0 Å². The van der Waals surface area contributed by atoms with Gasteiger partial charge < -0.3 is 9.84 Å². The first kappa shape index (κ1) is 22.1. The smallest absolute Gasteiger partial charge is 0.347 e. The SMILES string of the molecule is CCC1=NC2(CCCC2)C(=O)N1Cc1ccc(-c2cccc(OC(C)(C)C(=O)O)c2)cc1. The molecular formula is C26H30N2O4. The summed E-state index contributed by atoms with van der Waals surface area (Å²) in [5.74, 6) is 0.541. The fourth-order valence-corrected chi connectivity index (χ4v) is 4.50. The van der Waals surface area contributed by atoms with Crippen molar-refractivity contribution in [3.8, 4) is 16.9 Å². The molecule has 0 saturated heterocycles. The van der Waals surface area contributed by atoms with Gasteiger partial charge in [-0.2, -0.15) is 0 Å². The molecule has 1 N–H and O–H groups in total. The number of amidine groups is 1. The van der Waals surface area contributed by atoms with E-state index in [0.29, 0.717) is 12.3 Å². The summed E-state index contributed by atoms with van der Waals surface area (Å²) in [4.78, 5) is 31.2. The first-order valence-electron chi connectivity index (χ1n) is 11.3. The Bertz CT molecular complexity index is 1050. The van der Waals surface area contributed by atoms with Crippen LogP contribution in [0.1, 0.15) is 58.4 Å². The van der Waals surface area contributed by atoms with Gasteiger partial charge in [0.05, 0.1) is 6.54 Å². The van der Waals surface area contributed by atoms with E-state index in [-0.39, 0.29) is 5.91 Å². The van der Waals surface area contributed by atoms with E-state index in [1.165, 1.54) is 13.8 Å². The van der Waals surface area contributed by atoms with Gasteiger partial charge in [0.25, 0.3) is 5.91 Å². The monoisotopic (exact) mass is 434 g/mol. The maximum atomic E-state index is 13.1. The number of benzene rings is 2. The summed E-state index contributed by atoms with van der Waals surface area (Å²) in [6.45, 7) is 5.64. The molecule has 168 valence electrons. The molecule has 1 aliphatic heterocycles. The summed E-state index contributed by atoms with van der Waals surface area (Å²) in [5.41, 5.74) is 1.18. The van der Waals surface area contributed by atoms with Crippen molar-refractivity contribution < 1.29 is 19.4 Å². The highest BCUT2D eigenvalue weighted by Crippen LogP contribution is 2.40. The third kappa shape index (κ3) is 4.14. The Hall–Kier alpha value is -3.15. The molecule has 0 atom stereocenters. The summed E-state index contributed by atoms with van der Waals surface area (Å²) >= 11 is 0. The van der Waals surface area contributed by atoms with Crippen LogP contribution in [0.2, 0.25) is 0 Å². The van der Waals surface area contributed by atoms with E-state index in [4.69, 9.17) is 9.73 Å². The van der Waals surface area contributed by atoms with Crippen molar-refractivity contribution in [2.45, 2.75) is 70.6 Å². The van der Waals surface area contributed by atoms with Gasteiger partial charge in [0.15, 0.2) is 5.60 Å². The van der Waals surface area contributed by atoms with Crippen molar-refractivity contribution >= 4 is 17.7 Å². The molecule has 1 heterocycles. The number of carboxylic acids is 1. The second-order valence-electron chi connectivity index (χ2n) is 9.15. The summed E-state index contributed by atoms with van der Waals surface area (Å²) in [6, 6.07) is 15.5. The van der Waals surface area contributed by atoms with Crippen LogP contribution < -0.4 is 4.74 Å². The molecule has 1 saturated carbocycles. The zero-order valence-electron chi connectivity index (χ0n) is 18.9. The third-order valence-corrected chi connectivity index (χ3v) is 6.39. The quantitative estimate of drug-likeness (QED) is 0.661. The minimum atomic E-state index is -1.31. The molecule has 1 aliphatic carbocycles. The molecule has 4 rings (SSSR count). The molecule has 0 unspecified atom stereocenters. The fraction of sp³-hybridized carbons (Fsp3) is 0.423. The predicted octanol–water partition coefficient (Wildman–Crippen LogP) is 5.06. The highest BCUT2D eigenvalue weighted by Gasteiger charge is 2.49. The molecule has 6 nitrogen and oxygen atoms in total. The highest BCUT2D eigenvalue weighted by atomic mass is 16.5. The number of hydrogen-bond donors (Lipinski definition) is 1. The maximum absolute atomic E-state index is 13.1. The first-order chi connectivity index (χ1) is 15.2. The van der Waals surface area contributed by atoms with Gasteiger partial charge in [-0.25, -0.2) is 4.79 Å². The van der Waals surface area contributed by atoms with Crippen molar-refractivity contribution in [3.05, 3.63) is 54.1 Å². The van der Waals surface area contributed by atoms with E-state index in [1.54, 1.807) is 6.07 Å².